The summed E-state index contributed by atoms with van der Waals surface area (Å²) >= 11 is 6.90. The number of aromatic nitrogens is 4. The van der Waals surface area contributed by atoms with Crippen molar-refractivity contribution in [3.05, 3.63) is 35.8 Å². The van der Waals surface area contributed by atoms with Gasteiger partial charge in [-0.3, -0.25) is 0 Å². The van der Waals surface area contributed by atoms with Crippen LogP contribution in [-0.2, 0) is 16.9 Å². The van der Waals surface area contributed by atoms with Crippen molar-refractivity contribution in [1.82, 2.24) is 19.9 Å². The molecule has 10 heteroatoms. The van der Waals surface area contributed by atoms with E-state index in [9.17, 15) is 4.55 Å². The van der Waals surface area contributed by atoms with E-state index in [0.29, 0.717) is 47.2 Å². The number of halogens is 1. The number of hydrogen-bond acceptors (Lipinski definition) is 8. The molecular weight excluding hydrogens is 382 g/mol. The fraction of sp³-hybridized carbons (Fsp3) is 0.333. The van der Waals surface area contributed by atoms with Crippen LogP contribution in [0, 0.1) is 0 Å². The van der Waals surface area contributed by atoms with Crippen LogP contribution in [0.1, 0.15) is 5.76 Å². The maximum absolute atomic E-state index is 11.6. The molecule has 130 valence electrons. The zero-order chi connectivity index (χ0) is 17.2. The molecule has 0 N–H and O–H groups in total. The minimum Gasteiger partial charge on any atom is -0.616 e. The van der Waals surface area contributed by atoms with Crippen molar-refractivity contribution >= 4 is 51.4 Å². The normalized spacial score (nSPS) is 15.8. The molecule has 0 amide bonds. The fourth-order valence-electron chi connectivity index (χ4n) is 2.59. The maximum Gasteiger partial charge on any atom is 0.225 e. The van der Waals surface area contributed by atoms with Gasteiger partial charge in [-0.2, -0.15) is 4.98 Å². The van der Waals surface area contributed by atoms with E-state index in [-0.39, 0.29) is 5.28 Å². The van der Waals surface area contributed by atoms with Gasteiger partial charge in [0.2, 0.25) is 5.28 Å². The third-order valence-electron chi connectivity index (χ3n) is 3.81. The van der Waals surface area contributed by atoms with E-state index in [0.717, 1.165) is 10.8 Å². The lowest BCUT2D eigenvalue weighted by molar-refractivity contribution is 0.530. The van der Waals surface area contributed by atoms with Gasteiger partial charge in [-0.1, -0.05) is 22.9 Å². The minimum absolute atomic E-state index is 0.156. The first kappa shape index (κ1) is 16.9. The van der Waals surface area contributed by atoms with Crippen LogP contribution in [0.15, 0.2) is 34.2 Å². The van der Waals surface area contributed by atoms with Crippen LogP contribution in [0.5, 0.6) is 0 Å². The molecular formula is C15H14ClN5O2S2. The van der Waals surface area contributed by atoms with Crippen LogP contribution in [-0.4, -0.2) is 49.1 Å². The SMILES string of the molecule is [O-][S+]1CCN(c2nc(Cl)nc3c(SCc4ccco4)ncnc23)CC1. The highest BCUT2D eigenvalue weighted by atomic mass is 35.5. The second kappa shape index (κ2) is 7.36. The van der Waals surface area contributed by atoms with Crippen molar-refractivity contribution in [3.63, 3.8) is 0 Å². The second-order valence-corrected chi connectivity index (χ2v) is 8.39. The Hall–Kier alpha value is -1.55. The number of rotatable bonds is 4. The summed E-state index contributed by atoms with van der Waals surface area (Å²) in [5, 5.41) is 0.886. The molecule has 0 aromatic carbocycles. The summed E-state index contributed by atoms with van der Waals surface area (Å²) in [5.74, 6) is 3.41. The summed E-state index contributed by atoms with van der Waals surface area (Å²) < 4.78 is 17.0. The largest absolute Gasteiger partial charge is 0.616 e. The molecule has 1 fully saturated rings. The molecule has 0 spiro atoms. The predicted octanol–water partition coefficient (Wildman–Crippen LogP) is 2.53. The van der Waals surface area contributed by atoms with Crippen molar-refractivity contribution in [2.45, 2.75) is 10.8 Å². The van der Waals surface area contributed by atoms with Crippen molar-refractivity contribution in [2.24, 2.45) is 0 Å². The number of thioether (sulfide) groups is 1. The van der Waals surface area contributed by atoms with Gasteiger partial charge in [0.1, 0.15) is 39.7 Å². The second-order valence-electron chi connectivity index (χ2n) is 5.40. The fourth-order valence-corrected chi connectivity index (χ4v) is 4.66. The average molecular weight is 396 g/mol. The highest BCUT2D eigenvalue weighted by Crippen LogP contribution is 2.31. The Morgan fingerprint density at radius 2 is 2.08 bits per heavy atom. The van der Waals surface area contributed by atoms with Crippen LogP contribution < -0.4 is 4.90 Å². The van der Waals surface area contributed by atoms with E-state index < -0.39 is 11.2 Å². The monoisotopic (exact) mass is 395 g/mol. The summed E-state index contributed by atoms with van der Waals surface area (Å²) in [6, 6.07) is 3.77. The molecule has 0 bridgehead atoms. The van der Waals surface area contributed by atoms with Crippen LogP contribution in [0.3, 0.4) is 0 Å². The summed E-state index contributed by atoms with van der Waals surface area (Å²) in [4.78, 5) is 19.5. The summed E-state index contributed by atoms with van der Waals surface area (Å²) in [6.45, 7) is 1.32. The van der Waals surface area contributed by atoms with Gasteiger partial charge in [0.05, 0.1) is 25.1 Å². The average Bonchev–Trinajstić information content (AvgIpc) is 3.13. The third kappa shape index (κ3) is 3.69. The van der Waals surface area contributed by atoms with Crippen molar-refractivity contribution in [1.29, 1.82) is 0 Å². The smallest absolute Gasteiger partial charge is 0.225 e. The molecule has 1 aliphatic heterocycles. The highest BCUT2D eigenvalue weighted by molar-refractivity contribution is 7.98. The van der Waals surface area contributed by atoms with Crippen LogP contribution in [0.4, 0.5) is 5.82 Å². The summed E-state index contributed by atoms with van der Waals surface area (Å²) in [6.07, 6.45) is 3.15. The molecule has 4 rings (SSSR count). The Morgan fingerprint density at radius 1 is 1.24 bits per heavy atom. The molecule has 4 heterocycles. The van der Waals surface area contributed by atoms with E-state index in [4.69, 9.17) is 16.0 Å². The number of fused-ring (bicyclic) bond motifs is 1. The molecule has 25 heavy (non-hydrogen) atoms. The van der Waals surface area contributed by atoms with E-state index >= 15 is 0 Å². The zero-order valence-electron chi connectivity index (χ0n) is 13.1. The zero-order valence-corrected chi connectivity index (χ0v) is 15.5. The van der Waals surface area contributed by atoms with E-state index in [2.05, 4.69) is 24.8 Å². The summed E-state index contributed by atoms with van der Waals surface area (Å²) in [7, 11) is 0. The van der Waals surface area contributed by atoms with Crippen molar-refractivity contribution in [2.75, 3.05) is 29.5 Å². The lowest BCUT2D eigenvalue weighted by Crippen LogP contribution is -2.41. The van der Waals surface area contributed by atoms with Gasteiger partial charge in [-0.15, -0.1) is 0 Å². The molecule has 0 aliphatic carbocycles. The molecule has 3 aromatic heterocycles. The Balaban J connectivity index is 1.69. The van der Waals surface area contributed by atoms with E-state index in [1.165, 1.54) is 18.1 Å². The molecule has 1 aliphatic rings. The standard InChI is InChI=1S/C15H14ClN5O2S2/c16-15-19-12-11(13(20-15)21-3-6-25(22)7-4-21)17-9-18-14(12)24-8-10-2-1-5-23-10/h1-2,5,9H,3-4,6-8H2. The molecule has 1 saturated heterocycles. The quantitative estimate of drug-likeness (QED) is 0.288. The van der Waals surface area contributed by atoms with E-state index in [1.807, 2.05) is 12.1 Å². The Bertz CT molecular complexity index is 872. The van der Waals surface area contributed by atoms with Gasteiger partial charge in [-0.25, -0.2) is 15.0 Å². The molecule has 0 radical (unpaired) electrons. The Kier molecular flexibility index (Phi) is 4.98. The first-order chi connectivity index (χ1) is 12.2. The number of furan rings is 1. The molecule has 0 unspecified atom stereocenters. The van der Waals surface area contributed by atoms with Gasteiger partial charge in [0.15, 0.2) is 5.82 Å². The molecule has 3 aromatic rings. The van der Waals surface area contributed by atoms with Gasteiger partial charge >= 0.3 is 0 Å². The van der Waals surface area contributed by atoms with Gasteiger partial charge < -0.3 is 13.9 Å². The summed E-state index contributed by atoms with van der Waals surface area (Å²) in [5.41, 5.74) is 1.29. The minimum atomic E-state index is -0.764. The first-order valence-corrected chi connectivity index (χ1v) is 10.5. The van der Waals surface area contributed by atoms with Crippen molar-refractivity contribution in [3.8, 4) is 0 Å². The first-order valence-electron chi connectivity index (χ1n) is 7.64. The van der Waals surface area contributed by atoms with Crippen LogP contribution in [0.25, 0.3) is 11.0 Å². The Labute approximate surface area is 156 Å². The van der Waals surface area contributed by atoms with Gasteiger partial charge in [0.25, 0.3) is 0 Å². The maximum atomic E-state index is 11.6. The van der Waals surface area contributed by atoms with Crippen molar-refractivity contribution < 1.29 is 8.97 Å². The number of anilines is 1. The number of hydrogen-bond donors (Lipinski definition) is 0. The molecule has 0 saturated carbocycles. The third-order valence-corrected chi connectivity index (χ3v) is 6.26. The predicted molar refractivity (Wildman–Crippen MR) is 98.5 cm³/mol. The Morgan fingerprint density at radius 3 is 2.84 bits per heavy atom. The highest BCUT2D eigenvalue weighted by Gasteiger charge is 2.24. The van der Waals surface area contributed by atoms with E-state index in [1.54, 1.807) is 6.26 Å². The van der Waals surface area contributed by atoms with Gasteiger partial charge in [-0.05, 0) is 23.7 Å². The van der Waals surface area contributed by atoms with Crippen LogP contribution >= 0.6 is 23.4 Å². The lowest BCUT2D eigenvalue weighted by Gasteiger charge is -2.29. The van der Waals surface area contributed by atoms with Crippen LogP contribution in [0.2, 0.25) is 5.28 Å². The topological polar surface area (TPSA) is 91.0 Å². The molecule has 0 atom stereocenters. The van der Waals surface area contributed by atoms with Gasteiger partial charge in [0, 0.05) is 0 Å². The molecule has 7 nitrogen and oxygen atoms in total. The number of nitrogens with zero attached hydrogens (tertiary/aromatic N) is 5. The lowest BCUT2D eigenvalue weighted by atomic mass is 10.3.